The van der Waals surface area contributed by atoms with E-state index in [4.69, 9.17) is 0 Å². The van der Waals surface area contributed by atoms with Crippen molar-refractivity contribution in [2.45, 2.75) is 40.7 Å². The van der Waals surface area contributed by atoms with E-state index in [0.29, 0.717) is 13.0 Å². The number of rotatable bonds is 5. The second-order valence-corrected chi connectivity index (χ2v) is 6.71. The predicted octanol–water partition coefficient (Wildman–Crippen LogP) is 3.54. The Labute approximate surface area is 123 Å². The van der Waals surface area contributed by atoms with Gasteiger partial charge in [0.1, 0.15) is 0 Å². The largest absolute Gasteiger partial charge is 0.378 e. The minimum absolute atomic E-state index is 0.0410. The maximum absolute atomic E-state index is 12.3. The van der Waals surface area contributed by atoms with Crippen LogP contribution < -0.4 is 4.90 Å². The van der Waals surface area contributed by atoms with Gasteiger partial charge in [-0.2, -0.15) is 0 Å². The Hall–Kier alpha value is -1.51. The lowest BCUT2D eigenvalue weighted by Crippen LogP contribution is -2.33. The summed E-state index contributed by atoms with van der Waals surface area (Å²) in [5.74, 6) is 0.233. The molecule has 3 heteroatoms. The lowest BCUT2D eigenvalue weighted by atomic mass is 9.91. The molecular weight excluding hydrogens is 248 g/mol. The van der Waals surface area contributed by atoms with Crippen molar-refractivity contribution in [1.29, 1.82) is 0 Å². The number of benzene rings is 1. The Kier molecular flexibility index (Phi) is 5.61. The maximum atomic E-state index is 12.3. The molecule has 20 heavy (non-hydrogen) atoms. The Balaban J connectivity index is 2.71. The highest BCUT2D eigenvalue weighted by atomic mass is 16.2. The molecule has 0 aromatic heterocycles. The number of amides is 1. The third-order valence-corrected chi connectivity index (χ3v) is 3.24. The summed E-state index contributed by atoms with van der Waals surface area (Å²) in [6, 6.07) is 8.39. The second-order valence-electron chi connectivity index (χ2n) is 6.71. The van der Waals surface area contributed by atoms with Gasteiger partial charge in [-0.1, -0.05) is 32.9 Å². The number of carbonyl (C=O) groups is 1. The molecule has 1 rings (SSSR count). The Morgan fingerprint density at radius 3 is 2.05 bits per heavy atom. The van der Waals surface area contributed by atoms with Crippen LogP contribution in [0.5, 0.6) is 0 Å². The third-order valence-electron chi connectivity index (χ3n) is 3.24. The van der Waals surface area contributed by atoms with Gasteiger partial charge < -0.3 is 9.80 Å². The average Bonchev–Trinajstić information content (AvgIpc) is 2.34. The normalized spacial score (nSPS) is 11.3. The molecule has 0 aliphatic carbocycles. The average molecular weight is 276 g/mol. The molecule has 1 aromatic carbocycles. The zero-order valence-corrected chi connectivity index (χ0v) is 13.7. The fourth-order valence-corrected chi connectivity index (χ4v) is 2.06. The van der Waals surface area contributed by atoms with Gasteiger partial charge in [-0.3, -0.25) is 4.79 Å². The van der Waals surface area contributed by atoms with Gasteiger partial charge in [0, 0.05) is 39.3 Å². The van der Waals surface area contributed by atoms with E-state index in [1.165, 1.54) is 11.3 Å². The van der Waals surface area contributed by atoms with Gasteiger partial charge in [-0.15, -0.1) is 0 Å². The van der Waals surface area contributed by atoms with E-state index in [2.05, 4.69) is 49.9 Å². The van der Waals surface area contributed by atoms with Crippen molar-refractivity contribution in [1.82, 2.24) is 4.90 Å². The van der Waals surface area contributed by atoms with Crippen LogP contribution in [0.15, 0.2) is 24.3 Å². The predicted molar refractivity (Wildman–Crippen MR) is 85.9 cm³/mol. The second kappa shape index (κ2) is 6.78. The Morgan fingerprint density at radius 2 is 1.65 bits per heavy atom. The number of hydrogen-bond donors (Lipinski definition) is 0. The van der Waals surface area contributed by atoms with Crippen LogP contribution in [-0.4, -0.2) is 31.4 Å². The van der Waals surface area contributed by atoms with Crippen molar-refractivity contribution in [3.63, 3.8) is 0 Å². The van der Waals surface area contributed by atoms with E-state index in [-0.39, 0.29) is 11.3 Å². The molecule has 0 spiro atoms. The van der Waals surface area contributed by atoms with E-state index < -0.39 is 0 Å². The molecule has 0 heterocycles. The molecule has 0 bridgehead atoms. The van der Waals surface area contributed by atoms with Crippen molar-refractivity contribution in [3.05, 3.63) is 29.8 Å². The monoisotopic (exact) mass is 276 g/mol. The first-order valence-corrected chi connectivity index (χ1v) is 7.27. The SMILES string of the molecule is CCN(Cc1ccc(N(C)C)cc1)C(=O)CC(C)(C)C. The van der Waals surface area contributed by atoms with Crippen LogP contribution in [0.4, 0.5) is 5.69 Å². The molecule has 0 N–H and O–H groups in total. The van der Waals surface area contributed by atoms with E-state index in [9.17, 15) is 4.79 Å². The van der Waals surface area contributed by atoms with Crippen LogP contribution in [0, 0.1) is 5.41 Å². The fraction of sp³-hybridized carbons (Fsp3) is 0.588. The molecule has 1 aromatic rings. The van der Waals surface area contributed by atoms with E-state index in [1.807, 2.05) is 25.9 Å². The summed E-state index contributed by atoms with van der Waals surface area (Å²) >= 11 is 0. The third kappa shape index (κ3) is 5.24. The quantitative estimate of drug-likeness (QED) is 0.821. The summed E-state index contributed by atoms with van der Waals surface area (Å²) in [6.07, 6.45) is 0.594. The molecule has 112 valence electrons. The van der Waals surface area contributed by atoms with Crippen LogP contribution in [0.1, 0.15) is 39.7 Å². The van der Waals surface area contributed by atoms with Crippen molar-refractivity contribution in [2.24, 2.45) is 5.41 Å². The first kappa shape index (κ1) is 16.5. The van der Waals surface area contributed by atoms with Crippen LogP contribution in [0.25, 0.3) is 0 Å². The summed E-state index contributed by atoms with van der Waals surface area (Å²) in [5, 5.41) is 0. The topological polar surface area (TPSA) is 23.6 Å². The first-order chi connectivity index (χ1) is 9.23. The van der Waals surface area contributed by atoms with E-state index in [1.54, 1.807) is 0 Å². The molecular formula is C17H28N2O. The molecule has 3 nitrogen and oxygen atoms in total. The maximum Gasteiger partial charge on any atom is 0.223 e. The highest BCUT2D eigenvalue weighted by Gasteiger charge is 2.20. The molecule has 0 aliphatic heterocycles. The molecule has 0 unspecified atom stereocenters. The first-order valence-electron chi connectivity index (χ1n) is 7.27. The molecule has 0 fully saturated rings. The van der Waals surface area contributed by atoms with Crippen molar-refractivity contribution >= 4 is 11.6 Å². The minimum Gasteiger partial charge on any atom is -0.378 e. The van der Waals surface area contributed by atoms with Gasteiger partial charge in [0.2, 0.25) is 5.91 Å². The zero-order valence-electron chi connectivity index (χ0n) is 13.7. The number of nitrogens with zero attached hydrogens (tertiary/aromatic N) is 2. The molecule has 0 saturated carbocycles. The Bertz CT molecular complexity index is 429. The van der Waals surface area contributed by atoms with Gasteiger partial charge in [-0.25, -0.2) is 0 Å². The fourth-order valence-electron chi connectivity index (χ4n) is 2.06. The molecule has 0 radical (unpaired) electrons. The van der Waals surface area contributed by atoms with Gasteiger partial charge >= 0.3 is 0 Å². The van der Waals surface area contributed by atoms with Crippen LogP contribution in [0.2, 0.25) is 0 Å². The van der Waals surface area contributed by atoms with Gasteiger partial charge in [-0.05, 0) is 30.0 Å². The summed E-state index contributed by atoms with van der Waals surface area (Å²) in [5.41, 5.74) is 2.40. The highest BCUT2D eigenvalue weighted by Crippen LogP contribution is 2.21. The van der Waals surface area contributed by atoms with E-state index >= 15 is 0 Å². The number of carbonyl (C=O) groups excluding carboxylic acids is 1. The zero-order chi connectivity index (χ0) is 15.3. The van der Waals surface area contributed by atoms with Gasteiger partial charge in [0.25, 0.3) is 0 Å². The lowest BCUT2D eigenvalue weighted by molar-refractivity contribution is -0.133. The van der Waals surface area contributed by atoms with E-state index in [0.717, 1.165) is 6.54 Å². The summed E-state index contributed by atoms with van der Waals surface area (Å²) in [6.45, 7) is 9.79. The van der Waals surface area contributed by atoms with Crippen LogP contribution >= 0.6 is 0 Å². The lowest BCUT2D eigenvalue weighted by Gasteiger charge is -2.26. The molecule has 0 aliphatic rings. The van der Waals surface area contributed by atoms with Crippen LogP contribution in [0.3, 0.4) is 0 Å². The standard InChI is InChI=1S/C17H28N2O/c1-7-19(16(20)12-17(2,3)4)13-14-8-10-15(11-9-14)18(5)6/h8-11H,7,12-13H2,1-6H3. The van der Waals surface area contributed by atoms with Crippen molar-refractivity contribution in [3.8, 4) is 0 Å². The molecule has 1 amide bonds. The number of anilines is 1. The summed E-state index contributed by atoms with van der Waals surface area (Å²) < 4.78 is 0. The highest BCUT2D eigenvalue weighted by molar-refractivity contribution is 5.76. The summed E-state index contributed by atoms with van der Waals surface area (Å²) in [7, 11) is 4.06. The summed E-state index contributed by atoms with van der Waals surface area (Å²) in [4.78, 5) is 16.3. The smallest absolute Gasteiger partial charge is 0.223 e. The Morgan fingerprint density at radius 1 is 1.10 bits per heavy atom. The van der Waals surface area contributed by atoms with Crippen molar-refractivity contribution < 1.29 is 4.79 Å². The van der Waals surface area contributed by atoms with Gasteiger partial charge in [0.15, 0.2) is 0 Å². The molecule has 0 saturated heterocycles. The van der Waals surface area contributed by atoms with Crippen LogP contribution in [-0.2, 0) is 11.3 Å². The van der Waals surface area contributed by atoms with Gasteiger partial charge in [0.05, 0.1) is 0 Å². The number of hydrogen-bond acceptors (Lipinski definition) is 2. The van der Waals surface area contributed by atoms with Crippen molar-refractivity contribution in [2.75, 3.05) is 25.5 Å². The minimum atomic E-state index is 0.0410. The molecule has 0 atom stereocenters.